The second-order valence-electron chi connectivity index (χ2n) is 6.24. The summed E-state index contributed by atoms with van der Waals surface area (Å²) in [6, 6.07) is 10.4. The van der Waals surface area contributed by atoms with Crippen LogP contribution in [0.15, 0.2) is 48.4 Å². The van der Waals surface area contributed by atoms with Crippen molar-refractivity contribution in [3.63, 3.8) is 0 Å². The molecule has 1 heterocycles. The highest BCUT2D eigenvalue weighted by molar-refractivity contribution is 5.97. The van der Waals surface area contributed by atoms with Gasteiger partial charge in [-0.1, -0.05) is 13.0 Å². The van der Waals surface area contributed by atoms with Crippen molar-refractivity contribution in [1.29, 1.82) is 5.41 Å². The van der Waals surface area contributed by atoms with Gasteiger partial charge in [-0.2, -0.15) is 0 Å². The molecule has 2 aromatic rings. The maximum atomic E-state index is 8.20. The Hall–Kier alpha value is -2.36. The first kappa shape index (κ1) is 15.5. The standard InChI is InChI=1S/C19H24N4/c1-3-13(2)22-19(12-16(20)14-9-10-14)23-18-8-4-7-17-15(18)6-5-11-21-17/h4-8,11-14,20,22-23H,3,9-10H2,1-2H3/b19-12-,20-16?. The lowest BCUT2D eigenvalue weighted by Gasteiger charge is -2.19. The van der Waals surface area contributed by atoms with Crippen LogP contribution < -0.4 is 10.6 Å². The summed E-state index contributed by atoms with van der Waals surface area (Å²) in [4.78, 5) is 4.40. The molecule has 4 nitrogen and oxygen atoms in total. The molecule has 23 heavy (non-hydrogen) atoms. The molecule has 3 rings (SSSR count). The Bertz CT molecular complexity index is 726. The number of nitrogens with zero attached hydrogens (tertiary/aromatic N) is 1. The molecule has 0 radical (unpaired) electrons. The quantitative estimate of drug-likeness (QED) is 0.668. The molecule has 1 fully saturated rings. The molecule has 0 spiro atoms. The van der Waals surface area contributed by atoms with Crippen LogP contribution in [0.2, 0.25) is 0 Å². The average Bonchev–Trinajstić information content (AvgIpc) is 3.40. The third-order valence-corrected chi connectivity index (χ3v) is 4.25. The van der Waals surface area contributed by atoms with Crippen molar-refractivity contribution < 1.29 is 0 Å². The summed E-state index contributed by atoms with van der Waals surface area (Å²) >= 11 is 0. The van der Waals surface area contributed by atoms with Crippen LogP contribution >= 0.6 is 0 Å². The molecule has 1 aromatic carbocycles. The molecule has 0 bridgehead atoms. The number of hydrogen-bond donors (Lipinski definition) is 3. The summed E-state index contributed by atoms with van der Waals surface area (Å²) in [6.45, 7) is 4.31. The summed E-state index contributed by atoms with van der Waals surface area (Å²) in [5, 5.41) is 16.2. The lowest BCUT2D eigenvalue weighted by molar-refractivity contribution is 0.598. The number of pyridine rings is 1. The fourth-order valence-electron chi connectivity index (χ4n) is 2.51. The van der Waals surface area contributed by atoms with Gasteiger partial charge in [0.1, 0.15) is 5.82 Å². The summed E-state index contributed by atoms with van der Waals surface area (Å²) in [5.74, 6) is 1.34. The number of benzene rings is 1. The number of anilines is 1. The Morgan fingerprint density at radius 2 is 2.17 bits per heavy atom. The number of aromatic nitrogens is 1. The van der Waals surface area contributed by atoms with Gasteiger partial charge in [0, 0.05) is 34.9 Å². The summed E-state index contributed by atoms with van der Waals surface area (Å²) in [7, 11) is 0. The van der Waals surface area contributed by atoms with E-state index in [0.29, 0.717) is 17.7 Å². The van der Waals surface area contributed by atoms with Crippen LogP contribution in [0.3, 0.4) is 0 Å². The van der Waals surface area contributed by atoms with Gasteiger partial charge >= 0.3 is 0 Å². The van der Waals surface area contributed by atoms with E-state index < -0.39 is 0 Å². The van der Waals surface area contributed by atoms with Crippen molar-refractivity contribution in [1.82, 2.24) is 10.3 Å². The number of allylic oxidation sites excluding steroid dienone is 1. The number of hydrogen-bond acceptors (Lipinski definition) is 4. The van der Waals surface area contributed by atoms with E-state index >= 15 is 0 Å². The summed E-state index contributed by atoms with van der Waals surface area (Å²) in [5.41, 5.74) is 2.69. The smallest absolute Gasteiger partial charge is 0.105 e. The largest absolute Gasteiger partial charge is 0.369 e. The first-order valence-corrected chi connectivity index (χ1v) is 8.35. The predicted octanol–water partition coefficient (Wildman–Crippen LogP) is 4.31. The normalized spacial score (nSPS) is 16.2. The SMILES string of the molecule is CCC(C)N/C(=C/C(=N)C1CC1)Nc1cccc2ncccc12. The molecule has 1 aliphatic rings. The molecular weight excluding hydrogens is 284 g/mol. The maximum absolute atomic E-state index is 8.20. The van der Waals surface area contributed by atoms with Gasteiger partial charge in [-0.05, 0) is 56.5 Å². The molecule has 1 aromatic heterocycles. The van der Waals surface area contributed by atoms with Crippen LogP contribution in [0.25, 0.3) is 10.9 Å². The van der Waals surface area contributed by atoms with Crippen molar-refractivity contribution in [2.45, 2.75) is 39.2 Å². The van der Waals surface area contributed by atoms with Crippen molar-refractivity contribution in [3.8, 4) is 0 Å². The van der Waals surface area contributed by atoms with Crippen molar-refractivity contribution >= 4 is 22.3 Å². The number of rotatable bonds is 7. The highest BCUT2D eigenvalue weighted by atomic mass is 15.1. The maximum Gasteiger partial charge on any atom is 0.105 e. The van der Waals surface area contributed by atoms with Gasteiger partial charge in [0.2, 0.25) is 0 Å². The third kappa shape index (κ3) is 3.89. The zero-order valence-corrected chi connectivity index (χ0v) is 13.8. The molecule has 120 valence electrons. The minimum atomic E-state index is 0.355. The molecule has 0 amide bonds. The van der Waals surface area contributed by atoms with Gasteiger partial charge in [0.05, 0.1) is 5.52 Å². The molecule has 4 heteroatoms. The van der Waals surface area contributed by atoms with E-state index in [9.17, 15) is 0 Å². The van der Waals surface area contributed by atoms with Crippen LogP contribution in [0.1, 0.15) is 33.1 Å². The molecule has 0 saturated heterocycles. The van der Waals surface area contributed by atoms with Gasteiger partial charge in [-0.25, -0.2) is 0 Å². The Kier molecular flexibility index (Phi) is 4.60. The molecule has 1 unspecified atom stereocenters. The average molecular weight is 308 g/mol. The second-order valence-corrected chi connectivity index (χ2v) is 6.24. The number of nitrogens with one attached hydrogen (secondary N) is 3. The van der Waals surface area contributed by atoms with E-state index in [1.54, 1.807) is 0 Å². The van der Waals surface area contributed by atoms with Crippen molar-refractivity contribution in [2.24, 2.45) is 5.92 Å². The van der Waals surface area contributed by atoms with Crippen LogP contribution in [-0.4, -0.2) is 16.7 Å². The Balaban J connectivity index is 1.88. The van der Waals surface area contributed by atoms with Gasteiger partial charge < -0.3 is 16.0 Å². The lowest BCUT2D eigenvalue weighted by atomic mass is 10.1. The zero-order valence-electron chi connectivity index (χ0n) is 13.8. The lowest BCUT2D eigenvalue weighted by Crippen LogP contribution is -2.29. The van der Waals surface area contributed by atoms with Crippen LogP contribution in [0.5, 0.6) is 0 Å². The van der Waals surface area contributed by atoms with E-state index in [1.165, 1.54) is 0 Å². The molecular formula is C19H24N4. The number of fused-ring (bicyclic) bond motifs is 1. The highest BCUT2D eigenvalue weighted by Gasteiger charge is 2.25. The first-order valence-electron chi connectivity index (χ1n) is 8.35. The predicted molar refractivity (Wildman–Crippen MR) is 96.8 cm³/mol. The monoisotopic (exact) mass is 308 g/mol. The minimum absolute atomic E-state index is 0.355. The minimum Gasteiger partial charge on any atom is -0.369 e. The molecule has 1 atom stereocenters. The van der Waals surface area contributed by atoms with E-state index in [2.05, 4.69) is 41.6 Å². The van der Waals surface area contributed by atoms with Gasteiger partial charge in [-0.15, -0.1) is 0 Å². The molecule has 0 aliphatic heterocycles. The summed E-state index contributed by atoms with van der Waals surface area (Å²) < 4.78 is 0. The van der Waals surface area contributed by atoms with E-state index in [0.717, 1.165) is 41.7 Å². The van der Waals surface area contributed by atoms with E-state index in [4.69, 9.17) is 5.41 Å². The second kappa shape index (κ2) is 6.82. The van der Waals surface area contributed by atoms with Crippen LogP contribution in [-0.2, 0) is 0 Å². The Labute approximate surface area is 137 Å². The summed E-state index contributed by atoms with van der Waals surface area (Å²) in [6.07, 6.45) is 7.07. The zero-order chi connectivity index (χ0) is 16.2. The molecule has 1 saturated carbocycles. The highest BCUT2D eigenvalue weighted by Crippen LogP contribution is 2.31. The van der Waals surface area contributed by atoms with E-state index in [-0.39, 0.29) is 0 Å². The topological polar surface area (TPSA) is 60.8 Å². The Morgan fingerprint density at radius 1 is 1.35 bits per heavy atom. The van der Waals surface area contributed by atoms with Crippen LogP contribution in [0.4, 0.5) is 5.69 Å². The molecule has 1 aliphatic carbocycles. The van der Waals surface area contributed by atoms with Gasteiger partial charge in [-0.3, -0.25) is 4.98 Å². The first-order chi connectivity index (χ1) is 11.2. The Morgan fingerprint density at radius 3 is 2.91 bits per heavy atom. The van der Waals surface area contributed by atoms with Crippen molar-refractivity contribution in [3.05, 3.63) is 48.4 Å². The van der Waals surface area contributed by atoms with E-state index in [1.807, 2.05) is 30.5 Å². The fraction of sp³-hybridized carbons (Fsp3) is 0.368. The van der Waals surface area contributed by atoms with Crippen molar-refractivity contribution in [2.75, 3.05) is 5.32 Å². The fourth-order valence-corrected chi connectivity index (χ4v) is 2.51. The molecule has 3 N–H and O–H groups in total. The van der Waals surface area contributed by atoms with Gasteiger partial charge in [0.15, 0.2) is 0 Å². The third-order valence-electron chi connectivity index (χ3n) is 4.25. The van der Waals surface area contributed by atoms with Crippen LogP contribution in [0, 0.1) is 11.3 Å². The van der Waals surface area contributed by atoms with Gasteiger partial charge in [0.25, 0.3) is 0 Å².